The fourth-order valence-corrected chi connectivity index (χ4v) is 2.18. The van der Waals surface area contributed by atoms with Crippen LogP contribution in [-0.4, -0.2) is 61.1 Å². The molecule has 0 saturated heterocycles. The van der Waals surface area contributed by atoms with Crippen molar-refractivity contribution in [1.82, 2.24) is 0 Å². The summed E-state index contributed by atoms with van der Waals surface area (Å²) < 4.78 is 32.2. The minimum Gasteiger partial charge on any atom is -0.748 e. The van der Waals surface area contributed by atoms with Crippen LogP contribution in [0.5, 0.6) is 0 Å². The second kappa shape index (κ2) is 7.67. The molecule has 0 amide bonds. The predicted octanol–water partition coefficient (Wildman–Crippen LogP) is -0.226. The molecule has 0 heterocycles. The highest BCUT2D eigenvalue weighted by Crippen LogP contribution is 2.07. The maximum Gasteiger partial charge on any atom is 0.141 e. The van der Waals surface area contributed by atoms with Gasteiger partial charge in [-0.15, -0.1) is 0 Å². The van der Waals surface area contributed by atoms with Gasteiger partial charge in [0.15, 0.2) is 0 Å². The predicted molar refractivity (Wildman–Crippen MR) is 65.1 cm³/mol. The first-order valence-electron chi connectivity index (χ1n) is 5.74. The van der Waals surface area contributed by atoms with Gasteiger partial charge in [0, 0.05) is 12.2 Å². The van der Waals surface area contributed by atoms with Gasteiger partial charge in [0.2, 0.25) is 0 Å². The second-order valence-electron chi connectivity index (χ2n) is 3.98. The van der Waals surface area contributed by atoms with E-state index in [4.69, 9.17) is 5.11 Å². The van der Waals surface area contributed by atoms with Crippen molar-refractivity contribution in [2.24, 2.45) is 0 Å². The molecule has 0 unspecified atom stereocenters. The van der Waals surface area contributed by atoms with E-state index in [9.17, 15) is 13.0 Å². The average molecular weight is 263 g/mol. The molecule has 0 radical (unpaired) electrons. The van der Waals surface area contributed by atoms with Gasteiger partial charge in [-0.1, -0.05) is 5.92 Å². The van der Waals surface area contributed by atoms with E-state index in [2.05, 4.69) is 11.8 Å². The van der Waals surface area contributed by atoms with Gasteiger partial charge in [0.25, 0.3) is 0 Å². The third kappa shape index (κ3) is 7.34. The standard InChI is InChI=1S/C11H21NO4S/c1-3-12(4-2,8-5-6-10-13)9-7-11-17(14,15)16/h13H,3-4,7-11H2,1-2H3. The molecule has 0 aromatic heterocycles. The molecule has 0 rings (SSSR count). The van der Waals surface area contributed by atoms with E-state index < -0.39 is 10.1 Å². The topological polar surface area (TPSA) is 77.4 Å². The highest BCUT2D eigenvalue weighted by Gasteiger charge is 2.21. The van der Waals surface area contributed by atoms with E-state index in [0.29, 0.717) is 24.0 Å². The van der Waals surface area contributed by atoms with E-state index >= 15 is 0 Å². The third-order valence-electron chi connectivity index (χ3n) is 2.99. The van der Waals surface area contributed by atoms with E-state index in [-0.39, 0.29) is 12.4 Å². The van der Waals surface area contributed by atoms with Crippen molar-refractivity contribution < 1.29 is 22.6 Å². The maximum absolute atomic E-state index is 10.5. The molecule has 17 heavy (non-hydrogen) atoms. The number of hydrogen-bond donors (Lipinski definition) is 1. The van der Waals surface area contributed by atoms with Crippen molar-refractivity contribution in [1.29, 1.82) is 0 Å². The molecule has 5 nitrogen and oxygen atoms in total. The van der Waals surface area contributed by atoms with Crippen molar-refractivity contribution in [3.05, 3.63) is 0 Å². The van der Waals surface area contributed by atoms with E-state index in [1.807, 2.05) is 13.8 Å². The van der Waals surface area contributed by atoms with Crippen LogP contribution in [0, 0.1) is 11.8 Å². The molecule has 1 N–H and O–H groups in total. The Kier molecular flexibility index (Phi) is 7.39. The molecule has 0 aliphatic heterocycles. The van der Waals surface area contributed by atoms with Crippen LogP contribution >= 0.6 is 0 Å². The van der Waals surface area contributed by atoms with Gasteiger partial charge >= 0.3 is 0 Å². The zero-order chi connectivity index (χ0) is 13.4. The summed E-state index contributed by atoms with van der Waals surface area (Å²) in [5, 5.41) is 8.59. The number of aliphatic hydroxyl groups excluding tert-OH is 1. The summed E-state index contributed by atoms with van der Waals surface area (Å²) in [6, 6.07) is 0. The van der Waals surface area contributed by atoms with E-state index in [1.54, 1.807) is 0 Å². The third-order valence-corrected chi connectivity index (χ3v) is 3.78. The molecule has 6 heteroatoms. The lowest BCUT2D eigenvalue weighted by atomic mass is 10.3. The molecule has 0 aliphatic carbocycles. The summed E-state index contributed by atoms with van der Waals surface area (Å²) in [6.45, 7) is 6.71. The molecule has 0 saturated carbocycles. The zero-order valence-electron chi connectivity index (χ0n) is 10.5. The van der Waals surface area contributed by atoms with Gasteiger partial charge in [-0.05, 0) is 19.8 Å². The van der Waals surface area contributed by atoms with Gasteiger partial charge in [-0.2, -0.15) is 0 Å². The van der Waals surface area contributed by atoms with Crippen LogP contribution in [0.4, 0.5) is 0 Å². The van der Waals surface area contributed by atoms with Gasteiger partial charge in [0.05, 0.1) is 29.8 Å². The minimum absolute atomic E-state index is 0.164. The van der Waals surface area contributed by atoms with Crippen molar-refractivity contribution in [3.63, 3.8) is 0 Å². The Bertz CT molecular complexity index is 363. The fourth-order valence-electron chi connectivity index (χ4n) is 1.70. The van der Waals surface area contributed by atoms with Crippen LogP contribution in [-0.2, 0) is 10.1 Å². The van der Waals surface area contributed by atoms with Gasteiger partial charge in [0.1, 0.15) is 13.2 Å². The number of aliphatic hydroxyl groups is 1. The maximum atomic E-state index is 10.5. The number of quaternary nitrogens is 1. The average Bonchev–Trinajstić information content (AvgIpc) is 2.26. The Hall–Kier alpha value is -0.610. The smallest absolute Gasteiger partial charge is 0.141 e. The summed E-state index contributed by atoms with van der Waals surface area (Å²) in [7, 11) is -4.12. The van der Waals surface area contributed by atoms with Crippen LogP contribution in [0.25, 0.3) is 0 Å². The molecule has 0 aromatic carbocycles. The molecule has 100 valence electrons. The first-order chi connectivity index (χ1) is 7.89. The van der Waals surface area contributed by atoms with E-state index in [0.717, 1.165) is 13.1 Å². The Balaban J connectivity index is 4.40. The summed E-state index contributed by atoms with van der Waals surface area (Å²) in [5.74, 6) is 5.14. The molecule has 0 atom stereocenters. The monoisotopic (exact) mass is 263 g/mol. The Morgan fingerprint density at radius 3 is 2.24 bits per heavy atom. The summed E-state index contributed by atoms with van der Waals surface area (Å²) >= 11 is 0. The van der Waals surface area contributed by atoms with Gasteiger partial charge in [-0.3, -0.25) is 0 Å². The number of rotatable bonds is 7. The highest BCUT2D eigenvalue weighted by atomic mass is 32.2. The summed E-state index contributed by atoms with van der Waals surface area (Å²) in [5.41, 5.74) is 0. The Morgan fingerprint density at radius 2 is 1.82 bits per heavy atom. The Morgan fingerprint density at radius 1 is 1.24 bits per heavy atom. The Labute approximate surface area is 104 Å². The quantitative estimate of drug-likeness (QED) is 0.391. The van der Waals surface area contributed by atoms with Crippen LogP contribution in [0.1, 0.15) is 20.3 Å². The lowest BCUT2D eigenvalue weighted by Crippen LogP contribution is -2.49. The van der Waals surface area contributed by atoms with Gasteiger partial charge in [-0.25, -0.2) is 8.42 Å². The first kappa shape index (κ1) is 16.4. The summed E-state index contributed by atoms with van der Waals surface area (Å²) in [4.78, 5) is 0. The van der Waals surface area contributed by atoms with Crippen molar-refractivity contribution in [2.45, 2.75) is 20.3 Å². The lowest BCUT2D eigenvalue weighted by molar-refractivity contribution is -0.918. The molecular formula is C11H21NO4S. The lowest BCUT2D eigenvalue weighted by Gasteiger charge is -2.35. The van der Waals surface area contributed by atoms with Crippen LogP contribution in [0.3, 0.4) is 0 Å². The van der Waals surface area contributed by atoms with E-state index in [1.165, 1.54) is 0 Å². The minimum atomic E-state index is -4.12. The molecule has 0 fully saturated rings. The van der Waals surface area contributed by atoms with Crippen LogP contribution in [0.2, 0.25) is 0 Å². The zero-order valence-corrected chi connectivity index (χ0v) is 11.3. The number of nitrogens with zero attached hydrogens (tertiary/aromatic N) is 1. The second-order valence-corrected chi connectivity index (χ2v) is 5.51. The van der Waals surface area contributed by atoms with Crippen molar-refractivity contribution >= 4 is 10.1 Å². The van der Waals surface area contributed by atoms with Crippen molar-refractivity contribution in [3.8, 4) is 11.8 Å². The molecule has 0 aliphatic rings. The summed E-state index contributed by atoms with van der Waals surface area (Å²) in [6.07, 6.45) is 0.355. The largest absolute Gasteiger partial charge is 0.748 e. The van der Waals surface area contributed by atoms with Crippen LogP contribution in [0.15, 0.2) is 0 Å². The normalized spacial score (nSPS) is 12.0. The molecule has 0 bridgehead atoms. The molecule has 0 aromatic rings. The number of hydrogen-bond acceptors (Lipinski definition) is 4. The SMILES string of the molecule is CC[N+](CC)(CC#CCO)CCCS(=O)(=O)[O-]. The molecular weight excluding hydrogens is 242 g/mol. The van der Waals surface area contributed by atoms with Gasteiger partial charge < -0.3 is 14.1 Å². The molecule has 0 spiro atoms. The van der Waals surface area contributed by atoms with Crippen molar-refractivity contribution in [2.75, 3.05) is 38.5 Å². The van der Waals surface area contributed by atoms with Crippen LogP contribution < -0.4 is 0 Å². The first-order valence-corrected chi connectivity index (χ1v) is 7.32. The fraction of sp³-hybridized carbons (Fsp3) is 0.818. The highest BCUT2D eigenvalue weighted by molar-refractivity contribution is 7.85.